The third-order valence-corrected chi connectivity index (χ3v) is 4.20. The van der Waals surface area contributed by atoms with E-state index in [0.717, 1.165) is 15.5 Å². The van der Waals surface area contributed by atoms with Gasteiger partial charge in [-0.2, -0.15) is 0 Å². The van der Waals surface area contributed by atoms with Crippen molar-refractivity contribution in [2.45, 2.75) is 13.8 Å². The molecule has 2 heterocycles. The predicted molar refractivity (Wildman–Crippen MR) is 72.9 cm³/mol. The Morgan fingerprint density at radius 1 is 1.33 bits per heavy atom. The van der Waals surface area contributed by atoms with Gasteiger partial charge >= 0.3 is 0 Å². The number of thiazole rings is 1. The zero-order valence-electron chi connectivity index (χ0n) is 10.4. The summed E-state index contributed by atoms with van der Waals surface area (Å²) in [6.07, 6.45) is 0. The summed E-state index contributed by atoms with van der Waals surface area (Å²) in [6, 6.07) is 5.47. The van der Waals surface area contributed by atoms with Gasteiger partial charge in [0.25, 0.3) is 5.56 Å². The molecule has 18 heavy (non-hydrogen) atoms. The van der Waals surface area contributed by atoms with Crippen LogP contribution < -0.4 is 10.3 Å². The minimum Gasteiger partial charge on any atom is -0.496 e. The van der Waals surface area contributed by atoms with Crippen molar-refractivity contribution in [3.63, 3.8) is 0 Å². The molecule has 0 bridgehead atoms. The molecule has 0 aliphatic rings. The van der Waals surface area contributed by atoms with Crippen LogP contribution in [0.2, 0.25) is 0 Å². The molecule has 0 saturated heterocycles. The van der Waals surface area contributed by atoms with Crippen molar-refractivity contribution in [3.05, 3.63) is 39.1 Å². The van der Waals surface area contributed by atoms with Crippen molar-refractivity contribution in [3.8, 4) is 5.75 Å². The molecule has 0 radical (unpaired) electrons. The van der Waals surface area contributed by atoms with Crippen LogP contribution in [0.4, 0.5) is 0 Å². The number of hydrogen-bond donors (Lipinski definition) is 0. The molecule has 0 aliphatic carbocycles. The molecular weight excluding hydrogens is 248 g/mol. The second kappa shape index (κ2) is 3.81. The molecular formula is C13H12N2O2S. The first kappa shape index (κ1) is 11.2. The highest BCUT2D eigenvalue weighted by molar-refractivity contribution is 7.17. The van der Waals surface area contributed by atoms with E-state index in [1.54, 1.807) is 17.6 Å². The second-order valence-corrected chi connectivity index (χ2v) is 5.31. The number of rotatable bonds is 1. The van der Waals surface area contributed by atoms with E-state index in [9.17, 15) is 4.79 Å². The molecule has 0 N–H and O–H groups in total. The average molecular weight is 260 g/mol. The van der Waals surface area contributed by atoms with E-state index in [2.05, 4.69) is 4.98 Å². The van der Waals surface area contributed by atoms with Crippen molar-refractivity contribution >= 4 is 27.2 Å². The van der Waals surface area contributed by atoms with Gasteiger partial charge < -0.3 is 4.74 Å². The van der Waals surface area contributed by atoms with E-state index < -0.39 is 0 Å². The Labute approximate surface area is 107 Å². The molecule has 0 unspecified atom stereocenters. The Kier molecular flexibility index (Phi) is 2.38. The van der Waals surface area contributed by atoms with Crippen molar-refractivity contribution in [2.24, 2.45) is 0 Å². The first-order valence-corrected chi connectivity index (χ1v) is 6.40. The van der Waals surface area contributed by atoms with Crippen LogP contribution in [0.15, 0.2) is 23.0 Å². The Morgan fingerprint density at radius 2 is 2.11 bits per heavy atom. The third-order valence-electron chi connectivity index (χ3n) is 3.14. The summed E-state index contributed by atoms with van der Waals surface area (Å²) in [5.74, 6) is 0.572. The summed E-state index contributed by atoms with van der Waals surface area (Å²) in [5, 5.41) is 0.540. The van der Waals surface area contributed by atoms with Crippen molar-refractivity contribution in [2.75, 3.05) is 7.11 Å². The molecule has 0 spiro atoms. The maximum atomic E-state index is 12.6. The number of methoxy groups -OCH3 is 1. The van der Waals surface area contributed by atoms with Gasteiger partial charge in [0.2, 0.25) is 0 Å². The van der Waals surface area contributed by atoms with Gasteiger partial charge in [0, 0.05) is 10.6 Å². The molecule has 0 saturated carbocycles. The molecule has 92 valence electrons. The molecule has 0 fully saturated rings. The van der Waals surface area contributed by atoms with E-state index in [1.807, 2.05) is 26.0 Å². The van der Waals surface area contributed by atoms with Crippen LogP contribution in [0, 0.1) is 13.8 Å². The summed E-state index contributed by atoms with van der Waals surface area (Å²) >= 11 is 1.53. The van der Waals surface area contributed by atoms with Crippen molar-refractivity contribution in [1.82, 2.24) is 9.38 Å². The lowest BCUT2D eigenvalue weighted by Gasteiger charge is -2.04. The van der Waals surface area contributed by atoms with Crippen LogP contribution >= 0.6 is 11.3 Å². The Morgan fingerprint density at radius 3 is 2.83 bits per heavy atom. The number of aromatic nitrogens is 2. The third kappa shape index (κ3) is 1.37. The van der Waals surface area contributed by atoms with Gasteiger partial charge in [0.1, 0.15) is 11.1 Å². The Bertz CT molecular complexity index is 817. The Hall–Kier alpha value is -1.88. The standard InChI is InChI=1S/C13H12N2O2S/c1-7-8(2)18-13-14-9-5-4-6-10(17-3)11(9)12(16)15(7)13/h4-6H,1-3H3. The smallest absolute Gasteiger partial charge is 0.270 e. The summed E-state index contributed by atoms with van der Waals surface area (Å²) in [6.45, 7) is 3.93. The fourth-order valence-electron chi connectivity index (χ4n) is 2.08. The van der Waals surface area contributed by atoms with Gasteiger partial charge in [-0.15, -0.1) is 11.3 Å². The van der Waals surface area contributed by atoms with E-state index in [4.69, 9.17) is 4.74 Å². The van der Waals surface area contributed by atoms with Crippen molar-refractivity contribution < 1.29 is 4.74 Å². The minimum atomic E-state index is -0.0608. The quantitative estimate of drug-likeness (QED) is 0.675. The largest absolute Gasteiger partial charge is 0.496 e. The number of benzene rings is 1. The SMILES string of the molecule is COc1cccc2nc3sc(C)c(C)n3c(=O)c12. The van der Waals surface area contributed by atoms with E-state index >= 15 is 0 Å². The highest BCUT2D eigenvalue weighted by atomic mass is 32.1. The molecule has 0 atom stereocenters. The molecule has 4 nitrogen and oxygen atoms in total. The van der Waals surface area contributed by atoms with Gasteiger partial charge in [-0.05, 0) is 26.0 Å². The fraction of sp³-hybridized carbons (Fsp3) is 0.231. The lowest BCUT2D eigenvalue weighted by Crippen LogP contribution is -2.15. The maximum Gasteiger partial charge on any atom is 0.270 e. The number of ether oxygens (including phenoxy) is 1. The van der Waals surface area contributed by atoms with Gasteiger partial charge in [-0.1, -0.05) is 6.07 Å². The van der Waals surface area contributed by atoms with E-state index in [0.29, 0.717) is 16.7 Å². The molecule has 1 aromatic carbocycles. The highest BCUT2D eigenvalue weighted by Crippen LogP contribution is 2.25. The van der Waals surface area contributed by atoms with E-state index in [1.165, 1.54) is 11.3 Å². The molecule has 0 aliphatic heterocycles. The minimum absolute atomic E-state index is 0.0608. The topological polar surface area (TPSA) is 43.6 Å². The van der Waals surface area contributed by atoms with Crippen LogP contribution in [0.25, 0.3) is 15.9 Å². The fourth-order valence-corrected chi connectivity index (χ4v) is 3.05. The lowest BCUT2D eigenvalue weighted by molar-refractivity contribution is 0.419. The van der Waals surface area contributed by atoms with Crippen LogP contribution in [-0.2, 0) is 0 Å². The second-order valence-electron chi connectivity index (χ2n) is 4.13. The van der Waals surface area contributed by atoms with Gasteiger partial charge in [0.05, 0.1) is 12.6 Å². The van der Waals surface area contributed by atoms with E-state index in [-0.39, 0.29) is 5.56 Å². The first-order chi connectivity index (χ1) is 8.63. The van der Waals surface area contributed by atoms with Crippen molar-refractivity contribution in [1.29, 1.82) is 0 Å². The zero-order chi connectivity index (χ0) is 12.9. The van der Waals surface area contributed by atoms with Crippen LogP contribution in [-0.4, -0.2) is 16.5 Å². The summed E-state index contributed by atoms with van der Waals surface area (Å²) < 4.78 is 6.91. The number of nitrogens with zero attached hydrogens (tertiary/aromatic N) is 2. The summed E-state index contributed by atoms with van der Waals surface area (Å²) in [4.78, 5) is 18.9. The number of hydrogen-bond acceptors (Lipinski definition) is 4. The lowest BCUT2D eigenvalue weighted by atomic mass is 10.2. The van der Waals surface area contributed by atoms with Crippen LogP contribution in [0.5, 0.6) is 5.75 Å². The molecule has 2 aromatic heterocycles. The number of fused-ring (bicyclic) bond motifs is 2. The predicted octanol–water partition coefficient (Wildman–Crippen LogP) is 2.53. The van der Waals surface area contributed by atoms with Crippen LogP contribution in [0.3, 0.4) is 0 Å². The summed E-state index contributed by atoms with van der Waals surface area (Å²) in [7, 11) is 1.56. The summed E-state index contributed by atoms with van der Waals surface area (Å²) in [5.41, 5.74) is 1.57. The van der Waals surface area contributed by atoms with Crippen LogP contribution in [0.1, 0.15) is 10.6 Å². The monoisotopic (exact) mass is 260 g/mol. The highest BCUT2D eigenvalue weighted by Gasteiger charge is 2.14. The Balaban J connectivity index is 2.62. The average Bonchev–Trinajstić information content (AvgIpc) is 2.64. The molecule has 3 aromatic rings. The number of aryl methyl sites for hydroxylation is 2. The molecule has 0 amide bonds. The normalized spacial score (nSPS) is 11.3. The zero-order valence-corrected chi connectivity index (χ0v) is 11.2. The molecule has 5 heteroatoms. The van der Waals surface area contributed by atoms with Gasteiger partial charge in [0.15, 0.2) is 4.96 Å². The van der Waals surface area contributed by atoms with Gasteiger partial charge in [-0.3, -0.25) is 9.20 Å². The molecule has 3 rings (SSSR count). The maximum absolute atomic E-state index is 12.6. The first-order valence-electron chi connectivity index (χ1n) is 5.59. The van der Waals surface area contributed by atoms with Gasteiger partial charge in [-0.25, -0.2) is 4.98 Å².